The number of anilines is 9. The van der Waals surface area contributed by atoms with Gasteiger partial charge in [-0.25, -0.2) is 0 Å². The van der Waals surface area contributed by atoms with Crippen LogP contribution in [0.1, 0.15) is 58.2 Å². The molecule has 4 saturated carbocycles. The molecule has 0 bridgehead atoms. The maximum absolute atomic E-state index is 2.74. The van der Waals surface area contributed by atoms with Crippen LogP contribution in [0.2, 0.25) is 0 Å². The molecule has 4 fully saturated rings. The maximum Gasteiger partial charge on any atom is 0.252 e. The van der Waals surface area contributed by atoms with Crippen molar-refractivity contribution in [1.29, 1.82) is 0 Å². The highest BCUT2D eigenvalue weighted by Gasteiger charge is 2.90. The van der Waals surface area contributed by atoms with Crippen LogP contribution in [0, 0.1) is 56.8 Å². The standard InChI is InChI=1S/C76H66BN3S/c1-48-25-30-57(31-26-48)79-66-38-29-50(3)41-64(66)77-65-42-51(4)72-71(62-23-15-16-24-63(62)76(72)69-44-53-43-54-45-70(76)75(53,54)69)74(65)80(58-32-27-49(2)28-33-58)68-47-59(46-67(79)73(68)77)78(55-19-11-7-12-20-55)56-34-36-61(37-35-56)81(5,60-21-13-8-14-22-60)40-39-52-17-9-6-10-18-52/h6-38,41-42,46-47,53-54,69-70H,39-40,43-45H2,1-5H3. The fraction of sp³-hybridized carbons (Fsp3) is 0.211. The van der Waals surface area contributed by atoms with Crippen molar-refractivity contribution in [3.8, 4) is 11.1 Å². The van der Waals surface area contributed by atoms with Gasteiger partial charge in [-0.15, -0.1) is 0 Å². The molecule has 0 amide bonds. The third-order valence-corrected chi connectivity index (χ3v) is 25.1. The Balaban J connectivity index is 0.926. The van der Waals surface area contributed by atoms with E-state index in [0.29, 0.717) is 5.41 Å². The maximum atomic E-state index is 2.74. The van der Waals surface area contributed by atoms with Crippen LogP contribution in [0.25, 0.3) is 11.1 Å². The molecule has 0 saturated heterocycles. The van der Waals surface area contributed by atoms with Crippen LogP contribution in [0.15, 0.2) is 234 Å². The topological polar surface area (TPSA) is 9.72 Å². The number of para-hydroxylation sites is 1. The molecule has 10 aromatic rings. The number of benzene rings is 10. The van der Waals surface area contributed by atoms with Crippen LogP contribution in [0.4, 0.5) is 51.2 Å². The Morgan fingerprint density at radius 3 is 1.74 bits per heavy atom. The van der Waals surface area contributed by atoms with E-state index in [0.717, 1.165) is 52.9 Å². The van der Waals surface area contributed by atoms with E-state index in [-0.39, 0.29) is 12.1 Å². The lowest BCUT2D eigenvalue weighted by Crippen LogP contribution is -2.88. The fourth-order valence-corrected chi connectivity index (χ4v) is 20.9. The van der Waals surface area contributed by atoms with Crippen molar-refractivity contribution >= 4 is 84.3 Å². The van der Waals surface area contributed by atoms with Gasteiger partial charge in [0.1, 0.15) is 0 Å². The number of hydrogen-bond donors (Lipinski definition) is 0. The molecule has 0 N–H and O–H groups in total. The molecule has 0 aromatic heterocycles. The Morgan fingerprint density at radius 2 is 1.07 bits per heavy atom. The number of nitrogens with zero attached hydrogens (tertiary/aromatic N) is 3. The van der Waals surface area contributed by atoms with Crippen molar-refractivity contribution in [2.45, 2.75) is 68.6 Å². The predicted octanol–water partition coefficient (Wildman–Crippen LogP) is 17.5. The first-order valence-corrected chi connectivity index (χ1v) is 32.0. The van der Waals surface area contributed by atoms with E-state index in [2.05, 4.69) is 273 Å². The summed E-state index contributed by atoms with van der Waals surface area (Å²) < 4.78 is 0. The van der Waals surface area contributed by atoms with Gasteiger partial charge in [0, 0.05) is 56.5 Å². The molecule has 5 atom stereocenters. The van der Waals surface area contributed by atoms with Crippen molar-refractivity contribution in [1.82, 2.24) is 0 Å². The van der Waals surface area contributed by atoms with E-state index in [1.165, 1.54) is 119 Å². The summed E-state index contributed by atoms with van der Waals surface area (Å²) in [5, 5.41) is 0. The van der Waals surface area contributed by atoms with Crippen LogP contribution >= 0.6 is 10.0 Å². The van der Waals surface area contributed by atoms with Crippen molar-refractivity contribution in [3.05, 3.63) is 263 Å². The van der Waals surface area contributed by atoms with E-state index in [1.807, 2.05) is 0 Å². The first kappa shape index (κ1) is 47.8. The van der Waals surface area contributed by atoms with Gasteiger partial charge in [-0.3, -0.25) is 0 Å². The third kappa shape index (κ3) is 6.34. The van der Waals surface area contributed by atoms with Crippen LogP contribution in [0.3, 0.4) is 0 Å². The molecule has 2 aliphatic heterocycles. The van der Waals surface area contributed by atoms with Gasteiger partial charge in [-0.2, -0.15) is 10.0 Å². The average Bonchev–Trinajstić information content (AvgIpc) is 1.65. The molecular formula is C76H66BN3S. The molecule has 5 heteroatoms. The number of aryl methyl sites for hydroxylation is 5. The van der Waals surface area contributed by atoms with Crippen LogP contribution in [-0.4, -0.2) is 18.7 Å². The van der Waals surface area contributed by atoms with Gasteiger partial charge in [-0.05, 0) is 239 Å². The van der Waals surface area contributed by atoms with Gasteiger partial charge in [0.2, 0.25) is 0 Å². The Hall–Kier alpha value is -7.99. The normalized spacial score (nSPS) is 23.3. The summed E-state index contributed by atoms with van der Waals surface area (Å²) in [4.78, 5) is 10.7. The second-order valence-corrected chi connectivity index (χ2v) is 28.8. The lowest BCUT2D eigenvalue weighted by molar-refractivity contribution is -0.412. The van der Waals surface area contributed by atoms with Crippen molar-refractivity contribution in [2.75, 3.05) is 26.7 Å². The quantitative estimate of drug-likeness (QED) is 0.126. The smallest absolute Gasteiger partial charge is 0.252 e. The van der Waals surface area contributed by atoms with Crippen LogP contribution in [0.5, 0.6) is 0 Å². The molecule has 81 heavy (non-hydrogen) atoms. The van der Waals surface area contributed by atoms with Gasteiger partial charge in [-0.1, -0.05) is 150 Å². The zero-order valence-corrected chi connectivity index (χ0v) is 47.9. The van der Waals surface area contributed by atoms with E-state index in [9.17, 15) is 0 Å². The van der Waals surface area contributed by atoms with Gasteiger partial charge < -0.3 is 14.7 Å². The zero-order valence-electron chi connectivity index (χ0n) is 47.0. The van der Waals surface area contributed by atoms with Crippen molar-refractivity contribution in [3.63, 3.8) is 0 Å². The predicted molar refractivity (Wildman–Crippen MR) is 342 cm³/mol. The monoisotopic (exact) mass is 1060 g/mol. The van der Waals surface area contributed by atoms with E-state index >= 15 is 0 Å². The SMILES string of the molecule is Cc1ccc(N2c3ccc(C)cc3B3c4cc(C)c5c(c4N(c4ccc(C)cc4)c4cc(N(c6ccccc6)c6ccc(S(C)(CCc7ccccc7)c7ccccc7)cc6)cc2c43)-c2ccccc2C52C3CC4CC5CC2C453)cc1. The van der Waals surface area contributed by atoms with E-state index < -0.39 is 10.0 Å². The molecule has 17 rings (SSSR count). The molecular weight excluding hydrogens is 998 g/mol. The van der Waals surface area contributed by atoms with Crippen molar-refractivity contribution < 1.29 is 0 Å². The molecule has 5 aliphatic carbocycles. The van der Waals surface area contributed by atoms with E-state index in [1.54, 1.807) is 11.1 Å². The second kappa shape index (κ2) is 17.3. The summed E-state index contributed by atoms with van der Waals surface area (Å²) in [6.07, 6.45) is 7.79. The molecule has 3 nitrogen and oxygen atoms in total. The summed E-state index contributed by atoms with van der Waals surface area (Å²) >= 11 is 0. The molecule has 10 aromatic carbocycles. The highest BCUT2D eigenvalue weighted by atomic mass is 32.3. The minimum atomic E-state index is -1.40. The average molecular weight is 1060 g/mol. The molecule has 2 spiro atoms. The Morgan fingerprint density at radius 1 is 0.506 bits per heavy atom. The van der Waals surface area contributed by atoms with Gasteiger partial charge in [0.05, 0.1) is 5.69 Å². The molecule has 0 radical (unpaired) electrons. The Kier molecular flexibility index (Phi) is 10.2. The summed E-state index contributed by atoms with van der Waals surface area (Å²) in [7, 11) is -1.40. The zero-order chi connectivity index (χ0) is 54.1. The summed E-state index contributed by atoms with van der Waals surface area (Å²) in [6, 6.07) is 86.7. The Bertz CT molecular complexity index is 4180. The van der Waals surface area contributed by atoms with E-state index in [4.69, 9.17) is 0 Å². The molecule has 7 aliphatic rings. The lowest BCUT2D eigenvalue weighted by Gasteiger charge is -2.92. The van der Waals surface area contributed by atoms with Crippen LogP contribution < -0.4 is 31.1 Å². The van der Waals surface area contributed by atoms with Crippen LogP contribution in [-0.2, 0) is 11.8 Å². The molecule has 394 valence electrons. The minimum absolute atomic E-state index is 0.00965. The Labute approximate surface area is 480 Å². The molecule has 5 unspecified atom stereocenters. The number of fused-ring (bicyclic) bond motifs is 12. The highest BCUT2D eigenvalue weighted by molar-refractivity contribution is 8.33. The number of rotatable bonds is 10. The first-order chi connectivity index (χ1) is 39.7. The second-order valence-electron chi connectivity index (χ2n) is 25.2. The van der Waals surface area contributed by atoms with Gasteiger partial charge in [0.25, 0.3) is 6.71 Å². The number of hydrogen-bond acceptors (Lipinski definition) is 3. The fourth-order valence-electron chi connectivity index (χ4n) is 18.0. The highest BCUT2D eigenvalue weighted by Crippen LogP contribution is 2.95. The van der Waals surface area contributed by atoms with Gasteiger partial charge >= 0.3 is 0 Å². The first-order valence-electron chi connectivity index (χ1n) is 29.8. The third-order valence-electron chi connectivity index (χ3n) is 21.5. The summed E-state index contributed by atoms with van der Waals surface area (Å²) in [5.74, 6) is 4.42. The lowest BCUT2D eigenvalue weighted by atomic mass is 9.11. The van der Waals surface area contributed by atoms with Crippen molar-refractivity contribution in [2.24, 2.45) is 29.1 Å². The largest absolute Gasteiger partial charge is 0.311 e. The minimum Gasteiger partial charge on any atom is -0.311 e. The summed E-state index contributed by atoms with van der Waals surface area (Å²) in [6.45, 7) is 9.20. The van der Waals surface area contributed by atoms with Gasteiger partial charge in [0.15, 0.2) is 0 Å². The molecule has 2 heterocycles. The summed E-state index contributed by atoms with van der Waals surface area (Å²) in [5.41, 5.74) is 28.5.